The van der Waals surface area contributed by atoms with Gasteiger partial charge in [-0.3, -0.25) is 9.52 Å². The molecule has 1 N–H and O–H groups in total. The molecule has 2 aromatic carbocycles. The first-order valence-electron chi connectivity index (χ1n) is 8.33. The van der Waals surface area contributed by atoms with Gasteiger partial charge in [-0.1, -0.05) is 25.1 Å². The van der Waals surface area contributed by atoms with E-state index < -0.39 is 10.0 Å². The largest absolute Gasteiger partial charge is 0.495 e. The Morgan fingerprint density at radius 2 is 1.88 bits per heavy atom. The van der Waals surface area contributed by atoms with E-state index in [-0.39, 0.29) is 16.8 Å². The molecule has 0 saturated heterocycles. The van der Waals surface area contributed by atoms with Crippen LogP contribution in [0, 0.1) is 0 Å². The van der Waals surface area contributed by atoms with Gasteiger partial charge in [0.2, 0.25) is 0 Å². The Hall–Kier alpha value is -2.54. The van der Waals surface area contributed by atoms with Crippen LogP contribution in [-0.4, -0.2) is 39.4 Å². The minimum atomic E-state index is -3.85. The topological polar surface area (TPSA) is 75.7 Å². The van der Waals surface area contributed by atoms with Gasteiger partial charge in [0.25, 0.3) is 15.9 Å². The van der Waals surface area contributed by atoms with Gasteiger partial charge in [0.05, 0.1) is 17.7 Å². The first kappa shape index (κ1) is 19.8. The Morgan fingerprint density at radius 3 is 2.54 bits per heavy atom. The molecule has 7 heteroatoms. The van der Waals surface area contributed by atoms with Crippen molar-refractivity contribution in [1.29, 1.82) is 0 Å². The summed E-state index contributed by atoms with van der Waals surface area (Å²) >= 11 is 0. The van der Waals surface area contributed by atoms with E-state index in [0.717, 1.165) is 6.42 Å². The minimum absolute atomic E-state index is 0.0202. The van der Waals surface area contributed by atoms with Gasteiger partial charge >= 0.3 is 0 Å². The number of para-hydroxylation sites is 2. The summed E-state index contributed by atoms with van der Waals surface area (Å²) in [6.07, 6.45) is 0.815. The molecule has 6 nitrogen and oxygen atoms in total. The van der Waals surface area contributed by atoms with E-state index in [2.05, 4.69) is 4.72 Å². The quantitative estimate of drug-likeness (QED) is 0.804. The molecule has 0 radical (unpaired) electrons. The Balaban J connectivity index is 2.32. The number of rotatable bonds is 7. The van der Waals surface area contributed by atoms with E-state index in [1.165, 1.54) is 19.2 Å². The number of nitrogens with one attached hydrogen (secondary N) is 1. The zero-order valence-electron chi connectivity index (χ0n) is 15.4. The van der Waals surface area contributed by atoms with E-state index in [0.29, 0.717) is 17.0 Å². The van der Waals surface area contributed by atoms with Crippen molar-refractivity contribution in [2.24, 2.45) is 0 Å². The zero-order chi connectivity index (χ0) is 19.3. The predicted molar refractivity (Wildman–Crippen MR) is 102 cm³/mol. The fourth-order valence-electron chi connectivity index (χ4n) is 2.41. The Bertz CT molecular complexity index is 881. The van der Waals surface area contributed by atoms with Gasteiger partial charge in [0, 0.05) is 18.7 Å². The van der Waals surface area contributed by atoms with Crippen molar-refractivity contribution in [2.75, 3.05) is 18.9 Å². The number of anilines is 1. The predicted octanol–water partition coefficient (Wildman–Crippen LogP) is 3.37. The van der Waals surface area contributed by atoms with E-state index in [1.807, 2.05) is 13.8 Å². The highest BCUT2D eigenvalue weighted by atomic mass is 32.2. The van der Waals surface area contributed by atoms with Gasteiger partial charge in [0.15, 0.2) is 0 Å². The van der Waals surface area contributed by atoms with Crippen molar-refractivity contribution in [3.8, 4) is 5.75 Å². The number of benzene rings is 2. The van der Waals surface area contributed by atoms with Gasteiger partial charge < -0.3 is 9.64 Å². The molecule has 140 valence electrons. The zero-order valence-corrected chi connectivity index (χ0v) is 16.2. The van der Waals surface area contributed by atoms with E-state index in [4.69, 9.17) is 4.74 Å². The number of amides is 1. The fourth-order valence-corrected chi connectivity index (χ4v) is 3.52. The molecule has 0 heterocycles. The summed E-state index contributed by atoms with van der Waals surface area (Å²) < 4.78 is 33.1. The highest BCUT2D eigenvalue weighted by Crippen LogP contribution is 2.26. The molecular formula is C19H24N2O4S. The third-order valence-corrected chi connectivity index (χ3v) is 5.68. The van der Waals surface area contributed by atoms with Crippen LogP contribution >= 0.6 is 0 Å². The van der Waals surface area contributed by atoms with Gasteiger partial charge in [-0.2, -0.15) is 0 Å². The van der Waals surface area contributed by atoms with E-state index in [9.17, 15) is 13.2 Å². The maximum absolute atomic E-state index is 12.7. The van der Waals surface area contributed by atoms with Crippen LogP contribution in [-0.2, 0) is 10.0 Å². The van der Waals surface area contributed by atoms with Crippen LogP contribution in [0.15, 0.2) is 53.4 Å². The third-order valence-electron chi connectivity index (χ3n) is 4.31. The van der Waals surface area contributed by atoms with Crippen molar-refractivity contribution in [3.63, 3.8) is 0 Å². The molecule has 0 aliphatic heterocycles. The highest BCUT2D eigenvalue weighted by molar-refractivity contribution is 7.92. The number of methoxy groups -OCH3 is 1. The molecule has 1 unspecified atom stereocenters. The lowest BCUT2D eigenvalue weighted by Crippen LogP contribution is -2.34. The molecule has 0 spiro atoms. The number of hydrogen-bond donors (Lipinski definition) is 1. The van der Waals surface area contributed by atoms with Gasteiger partial charge in [-0.15, -0.1) is 0 Å². The molecule has 0 fully saturated rings. The number of hydrogen-bond acceptors (Lipinski definition) is 4. The molecule has 0 aromatic heterocycles. The van der Waals surface area contributed by atoms with Crippen molar-refractivity contribution in [3.05, 3.63) is 54.1 Å². The second kappa shape index (κ2) is 8.23. The average molecular weight is 376 g/mol. The van der Waals surface area contributed by atoms with Gasteiger partial charge in [-0.05, 0) is 43.7 Å². The molecule has 1 atom stereocenters. The number of carbonyl (C=O) groups is 1. The maximum atomic E-state index is 12.7. The smallest absolute Gasteiger partial charge is 0.262 e. The lowest BCUT2D eigenvalue weighted by atomic mass is 10.1. The van der Waals surface area contributed by atoms with E-state index in [1.54, 1.807) is 48.3 Å². The normalized spacial score (nSPS) is 12.3. The molecule has 2 aromatic rings. The standard InChI is InChI=1S/C19H24N2O4S/c1-5-14(2)21(3)19(22)15-9-8-10-16(13-15)26(23,24)20-17-11-6-7-12-18(17)25-4/h6-14,20H,5H2,1-4H3. The summed E-state index contributed by atoms with van der Waals surface area (Å²) in [5.41, 5.74) is 0.666. The molecule has 0 saturated carbocycles. The van der Waals surface area contributed by atoms with Crippen LogP contribution in [0.3, 0.4) is 0 Å². The van der Waals surface area contributed by atoms with Crippen LogP contribution in [0.5, 0.6) is 5.75 Å². The SMILES string of the molecule is CCC(C)N(C)C(=O)c1cccc(S(=O)(=O)Nc2ccccc2OC)c1. The monoisotopic (exact) mass is 376 g/mol. The minimum Gasteiger partial charge on any atom is -0.495 e. The van der Waals surface area contributed by atoms with E-state index >= 15 is 0 Å². The van der Waals surface area contributed by atoms with Crippen LogP contribution in [0.4, 0.5) is 5.69 Å². The summed E-state index contributed by atoms with van der Waals surface area (Å²) in [7, 11) is -0.672. The highest BCUT2D eigenvalue weighted by Gasteiger charge is 2.21. The fraction of sp³-hybridized carbons (Fsp3) is 0.316. The number of ether oxygens (including phenoxy) is 1. The first-order chi connectivity index (χ1) is 12.3. The maximum Gasteiger partial charge on any atom is 0.262 e. The van der Waals surface area contributed by atoms with Crippen LogP contribution in [0.25, 0.3) is 0 Å². The molecule has 1 amide bonds. The molecular weight excluding hydrogens is 352 g/mol. The van der Waals surface area contributed by atoms with Gasteiger partial charge in [0.1, 0.15) is 5.75 Å². The molecule has 0 aliphatic rings. The van der Waals surface area contributed by atoms with Crippen molar-refractivity contribution < 1.29 is 17.9 Å². The summed E-state index contributed by atoms with van der Waals surface area (Å²) in [6, 6.07) is 12.8. The van der Waals surface area contributed by atoms with Crippen LogP contribution in [0.2, 0.25) is 0 Å². The molecule has 0 aliphatic carbocycles. The lowest BCUT2D eigenvalue weighted by Gasteiger charge is -2.24. The first-order valence-corrected chi connectivity index (χ1v) is 9.81. The summed E-state index contributed by atoms with van der Waals surface area (Å²) in [4.78, 5) is 14.2. The van der Waals surface area contributed by atoms with Crippen molar-refractivity contribution >= 4 is 21.6 Å². The summed E-state index contributed by atoms with van der Waals surface area (Å²) in [5.74, 6) is 0.202. The van der Waals surface area contributed by atoms with Crippen molar-refractivity contribution in [2.45, 2.75) is 31.2 Å². The average Bonchev–Trinajstić information content (AvgIpc) is 2.66. The third kappa shape index (κ3) is 4.35. The molecule has 26 heavy (non-hydrogen) atoms. The second-order valence-corrected chi connectivity index (χ2v) is 7.69. The molecule has 2 rings (SSSR count). The number of carbonyl (C=O) groups excluding carboxylic acids is 1. The van der Waals surface area contributed by atoms with Crippen LogP contribution in [0.1, 0.15) is 30.6 Å². The van der Waals surface area contributed by atoms with Crippen molar-refractivity contribution in [1.82, 2.24) is 4.90 Å². The number of nitrogens with zero attached hydrogens (tertiary/aromatic N) is 1. The lowest BCUT2D eigenvalue weighted by molar-refractivity contribution is 0.0740. The Kier molecular flexibility index (Phi) is 6.26. The second-order valence-electron chi connectivity index (χ2n) is 6.01. The van der Waals surface area contributed by atoms with Gasteiger partial charge in [-0.25, -0.2) is 8.42 Å². The molecule has 0 bridgehead atoms. The Labute approximate surface area is 154 Å². The van der Waals surface area contributed by atoms with Crippen LogP contribution < -0.4 is 9.46 Å². The summed E-state index contributed by atoms with van der Waals surface area (Å²) in [6.45, 7) is 3.94. The Morgan fingerprint density at radius 1 is 1.19 bits per heavy atom. The summed E-state index contributed by atoms with van der Waals surface area (Å²) in [5, 5.41) is 0. The number of sulfonamides is 1.